The first kappa shape index (κ1) is 12.6. The fourth-order valence-electron chi connectivity index (χ4n) is 1.20. The Balaban J connectivity index is 1.71. The molecule has 0 bridgehead atoms. The molecule has 2 aromatic heterocycles. The van der Waals surface area contributed by atoms with Gasteiger partial charge in [-0.2, -0.15) is 5.10 Å². The summed E-state index contributed by atoms with van der Waals surface area (Å²) in [5.74, 6) is 0.0685. The number of imidazole rings is 1. The van der Waals surface area contributed by atoms with Crippen LogP contribution >= 0.6 is 0 Å². The summed E-state index contributed by atoms with van der Waals surface area (Å²) in [4.78, 5) is 26.5. The Labute approximate surface area is 108 Å². The highest BCUT2D eigenvalue weighted by atomic mass is 16.3. The summed E-state index contributed by atoms with van der Waals surface area (Å²) in [7, 11) is 0. The van der Waals surface area contributed by atoms with E-state index in [0.717, 1.165) is 0 Å². The quantitative estimate of drug-likeness (QED) is 0.605. The molecule has 0 aliphatic rings. The lowest BCUT2D eigenvalue weighted by Crippen LogP contribution is -2.36. The third-order valence-corrected chi connectivity index (χ3v) is 2.06. The van der Waals surface area contributed by atoms with E-state index in [4.69, 9.17) is 4.42 Å². The molecule has 2 N–H and O–H groups in total. The number of hydrogen-bond acceptors (Lipinski definition) is 5. The molecule has 0 atom stereocenters. The van der Waals surface area contributed by atoms with Gasteiger partial charge in [-0.1, -0.05) is 0 Å². The average Bonchev–Trinajstić information content (AvgIpc) is 3.08. The minimum Gasteiger partial charge on any atom is -0.463 e. The van der Waals surface area contributed by atoms with Gasteiger partial charge in [-0.25, -0.2) is 15.2 Å². The van der Waals surface area contributed by atoms with Gasteiger partial charge in [-0.3, -0.25) is 9.36 Å². The Morgan fingerprint density at radius 2 is 2.42 bits per heavy atom. The molecule has 0 aromatic carbocycles. The molecule has 0 aliphatic carbocycles. The van der Waals surface area contributed by atoms with Crippen molar-refractivity contribution in [2.24, 2.45) is 5.10 Å². The second-order valence-corrected chi connectivity index (χ2v) is 3.44. The van der Waals surface area contributed by atoms with Crippen LogP contribution in [-0.4, -0.2) is 34.2 Å². The second-order valence-electron chi connectivity index (χ2n) is 3.44. The van der Waals surface area contributed by atoms with Crippen LogP contribution in [0.5, 0.6) is 0 Å². The lowest BCUT2D eigenvalue weighted by molar-refractivity contribution is -0.120. The number of hydrazone groups is 1. The molecule has 19 heavy (non-hydrogen) atoms. The summed E-state index contributed by atoms with van der Waals surface area (Å²) >= 11 is 0. The van der Waals surface area contributed by atoms with Crippen LogP contribution in [0.3, 0.4) is 0 Å². The van der Waals surface area contributed by atoms with E-state index in [9.17, 15) is 9.59 Å². The van der Waals surface area contributed by atoms with Crippen LogP contribution < -0.4 is 10.7 Å². The SMILES string of the molecule is O=C(CNC(=O)n1ccnc1)N/N=C/c1ccco1. The van der Waals surface area contributed by atoms with Gasteiger partial charge in [-0.15, -0.1) is 0 Å². The lowest BCUT2D eigenvalue weighted by Gasteiger charge is -2.03. The topological polar surface area (TPSA) is 102 Å². The van der Waals surface area contributed by atoms with Crippen molar-refractivity contribution >= 4 is 18.2 Å². The molecule has 0 aliphatic heterocycles. The maximum Gasteiger partial charge on any atom is 0.327 e. The van der Waals surface area contributed by atoms with Crippen molar-refractivity contribution in [3.05, 3.63) is 42.9 Å². The maximum absolute atomic E-state index is 11.4. The molecule has 2 heterocycles. The summed E-state index contributed by atoms with van der Waals surface area (Å²) in [5.41, 5.74) is 2.25. The van der Waals surface area contributed by atoms with Crippen molar-refractivity contribution in [3.63, 3.8) is 0 Å². The summed E-state index contributed by atoms with van der Waals surface area (Å²) in [6, 6.07) is 2.95. The first-order chi connectivity index (χ1) is 9.25. The van der Waals surface area contributed by atoms with Crippen molar-refractivity contribution in [1.82, 2.24) is 20.3 Å². The minimum absolute atomic E-state index is 0.188. The molecule has 8 nitrogen and oxygen atoms in total. The maximum atomic E-state index is 11.4. The number of nitrogens with zero attached hydrogens (tertiary/aromatic N) is 3. The number of nitrogens with one attached hydrogen (secondary N) is 2. The van der Waals surface area contributed by atoms with Crippen LogP contribution in [-0.2, 0) is 4.79 Å². The Kier molecular flexibility index (Phi) is 4.06. The zero-order valence-corrected chi connectivity index (χ0v) is 9.81. The van der Waals surface area contributed by atoms with Crippen LogP contribution in [0.15, 0.2) is 46.6 Å². The molecule has 2 amide bonds. The van der Waals surface area contributed by atoms with Crippen molar-refractivity contribution in [3.8, 4) is 0 Å². The monoisotopic (exact) mass is 261 g/mol. The molecular weight excluding hydrogens is 250 g/mol. The van der Waals surface area contributed by atoms with E-state index in [0.29, 0.717) is 5.76 Å². The third kappa shape index (κ3) is 3.80. The predicted molar refractivity (Wildman–Crippen MR) is 65.5 cm³/mol. The van der Waals surface area contributed by atoms with Gasteiger partial charge in [0.1, 0.15) is 18.6 Å². The van der Waals surface area contributed by atoms with Gasteiger partial charge in [0, 0.05) is 12.4 Å². The van der Waals surface area contributed by atoms with Crippen LogP contribution in [0.4, 0.5) is 4.79 Å². The average molecular weight is 261 g/mol. The number of hydrogen-bond donors (Lipinski definition) is 2. The summed E-state index contributed by atoms with van der Waals surface area (Å²) in [6.45, 7) is -0.188. The van der Waals surface area contributed by atoms with E-state index >= 15 is 0 Å². The molecule has 2 aromatic rings. The molecule has 0 spiro atoms. The second kappa shape index (κ2) is 6.15. The highest BCUT2D eigenvalue weighted by Gasteiger charge is 2.05. The van der Waals surface area contributed by atoms with Gasteiger partial charge >= 0.3 is 6.03 Å². The molecule has 2 rings (SSSR count). The Hall–Kier alpha value is -2.90. The van der Waals surface area contributed by atoms with E-state index in [1.807, 2.05) is 0 Å². The highest BCUT2D eigenvalue weighted by Crippen LogP contribution is 1.94. The van der Waals surface area contributed by atoms with Crippen LogP contribution in [0, 0.1) is 0 Å². The van der Waals surface area contributed by atoms with E-state index < -0.39 is 11.9 Å². The van der Waals surface area contributed by atoms with Gasteiger partial charge in [-0.05, 0) is 12.1 Å². The van der Waals surface area contributed by atoms with Gasteiger partial charge in [0.05, 0.1) is 12.5 Å². The molecule has 0 radical (unpaired) electrons. The van der Waals surface area contributed by atoms with E-state index in [-0.39, 0.29) is 6.54 Å². The molecule has 0 unspecified atom stereocenters. The minimum atomic E-state index is -0.448. The molecule has 0 saturated carbocycles. The van der Waals surface area contributed by atoms with E-state index in [1.54, 1.807) is 12.1 Å². The lowest BCUT2D eigenvalue weighted by atomic mass is 10.5. The summed E-state index contributed by atoms with van der Waals surface area (Å²) < 4.78 is 6.20. The third-order valence-electron chi connectivity index (χ3n) is 2.06. The number of rotatable bonds is 4. The van der Waals surface area contributed by atoms with Gasteiger partial charge < -0.3 is 9.73 Å². The van der Waals surface area contributed by atoms with Crippen LogP contribution in [0.1, 0.15) is 5.76 Å². The fraction of sp³-hybridized carbons (Fsp3) is 0.0909. The van der Waals surface area contributed by atoms with Crippen molar-refractivity contribution in [1.29, 1.82) is 0 Å². The van der Waals surface area contributed by atoms with Crippen molar-refractivity contribution in [2.75, 3.05) is 6.54 Å². The van der Waals surface area contributed by atoms with Crippen molar-refractivity contribution in [2.45, 2.75) is 0 Å². The number of amides is 2. The predicted octanol–water partition coefficient (Wildman–Crippen LogP) is 0.184. The highest BCUT2D eigenvalue weighted by molar-refractivity contribution is 5.85. The summed E-state index contributed by atoms with van der Waals surface area (Å²) in [6.07, 6.45) is 7.13. The summed E-state index contributed by atoms with van der Waals surface area (Å²) in [5, 5.41) is 6.07. The Bertz CT molecular complexity index is 559. The molecule has 0 saturated heterocycles. The molecule has 98 valence electrons. The first-order valence-corrected chi connectivity index (χ1v) is 5.37. The normalized spacial score (nSPS) is 10.5. The standard InChI is InChI=1S/C11H11N5O3/c17-10(15-14-6-9-2-1-5-19-9)7-13-11(18)16-4-3-12-8-16/h1-6,8H,7H2,(H,13,18)(H,15,17)/b14-6+. The van der Waals surface area contributed by atoms with Crippen molar-refractivity contribution < 1.29 is 14.0 Å². The smallest absolute Gasteiger partial charge is 0.327 e. The number of furan rings is 1. The Morgan fingerprint density at radius 3 is 3.11 bits per heavy atom. The Morgan fingerprint density at radius 1 is 1.53 bits per heavy atom. The largest absolute Gasteiger partial charge is 0.463 e. The zero-order valence-electron chi connectivity index (χ0n) is 9.81. The fourth-order valence-corrected chi connectivity index (χ4v) is 1.20. The number of carbonyl (C=O) groups is 2. The van der Waals surface area contributed by atoms with Crippen LogP contribution in [0.25, 0.3) is 0 Å². The zero-order chi connectivity index (χ0) is 13.5. The molecular formula is C11H11N5O3. The molecule has 8 heteroatoms. The molecule has 0 fully saturated rings. The number of aromatic nitrogens is 2. The van der Waals surface area contributed by atoms with E-state index in [2.05, 4.69) is 20.8 Å². The van der Waals surface area contributed by atoms with Crippen LogP contribution in [0.2, 0.25) is 0 Å². The van der Waals surface area contributed by atoms with Gasteiger partial charge in [0.2, 0.25) is 0 Å². The number of carbonyl (C=O) groups excluding carboxylic acids is 2. The van der Waals surface area contributed by atoms with Gasteiger partial charge in [0.25, 0.3) is 5.91 Å². The van der Waals surface area contributed by atoms with Gasteiger partial charge in [0.15, 0.2) is 0 Å². The van der Waals surface area contributed by atoms with E-state index in [1.165, 1.54) is 35.8 Å². The first-order valence-electron chi connectivity index (χ1n) is 5.37.